The molecule has 1 aliphatic rings. The number of hydrogen-bond donors (Lipinski definition) is 2. The monoisotopic (exact) mass is 1320 g/mol. The second-order valence-corrected chi connectivity index (χ2v) is 24.5. The van der Waals surface area contributed by atoms with Crippen LogP contribution in [0.1, 0.15) is 172 Å². The number of esters is 6. The van der Waals surface area contributed by atoms with Crippen LogP contribution in [-0.2, 0) is 86.0 Å². The first-order valence-electron chi connectivity index (χ1n) is 32.3. The zero-order chi connectivity index (χ0) is 70.7. The number of carbonyl (C=O) groups excluding carboxylic acids is 8. The van der Waals surface area contributed by atoms with Crippen LogP contribution in [-0.4, -0.2) is 135 Å². The maximum absolute atomic E-state index is 13.0. The summed E-state index contributed by atoms with van der Waals surface area (Å²) < 4.78 is 29.0. The Bertz CT molecular complexity index is 2600. The fourth-order valence-electron chi connectivity index (χ4n) is 10.8. The molecule has 0 saturated carbocycles. The summed E-state index contributed by atoms with van der Waals surface area (Å²) in [5, 5.41) is 9.52. The van der Waals surface area contributed by atoms with E-state index in [2.05, 4.69) is 58.2 Å². The first-order chi connectivity index (χ1) is 43.6. The summed E-state index contributed by atoms with van der Waals surface area (Å²) in [7, 11) is 8.36. The maximum Gasteiger partial charge on any atom is 1.00 e. The summed E-state index contributed by atoms with van der Waals surface area (Å²) in [6.07, 6.45) is 12.8. The molecule has 1 saturated heterocycles. The summed E-state index contributed by atoms with van der Waals surface area (Å²) >= 11 is 0. The Morgan fingerprint density at radius 1 is 0.617 bits per heavy atom. The van der Waals surface area contributed by atoms with Gasteiger partial charge < -0.3 is 61.0 Å². The molecule has 3 aromatic rings. The van der Waals surface area contributed by atoms with Crippen LogP contribution >= 0.6 is 0 Å². The smallest absolute Gasteiger partial charge is 0.512 e. The van der Waals surface area contributed by atoms with Gasteiger partial charge in [-0.25, -0.2) is 4.79 Å². The predicted octanol–water partition coefficient (Wildman–Crippen LogP) is 9.49. The molecule has 1 heterocycles. The van der Waals surface area contributed by atoms with Crippen LogP contribution in [0.5, 0.6) is 0 Å². The van der Waals surface area contributed by atoms with Crippen LogP contribution in [0, 0.1) is 57.2 Å². The largest absolute Gasteiger partial charge is 1.00 e. The van der Waals surface area contributed by atoms with Crippen molar-refractivity contribution in [3.8, 4) is 0 Å². The Kier molecular flexibility index (Phi) is 51.3. The number of likely N-dealkylation sites (tertiary alicyclic amines) is 1. The molecule has 0 aliphatic carbocycles. The van der Waals surface area contributed by atoms with E-state index in [4.69, 9.17) is 41.3 Å². The van der Waals surface area contributed by atoms with Gasteiger partial charge in [0.1, 0.15) is 24.4 Å². The van der Waals surface area contributed by atoms with E-state index >= 15 is 0 Å². The number of nitrogens with one attached hydrogen (secondary N) is 1. The minimum atomic E-state index is -0.661. The minimum Gasteiger partial charge on any atom is -0.512 e. The number of nitrogens with two attached hydrogens (primary N) is 1. The second-order valence-electron chi connectivity index (χ2n) is 24.5. The van der Waals surface area contributed by atoms with Gasteiger partial charge in [0.25, 0.3) is 0 Å². The molecular formula is C74H117BN4NaO14. The molecule has 0 spiro atoms. The summed E-state index contributed by atoms with van der Waals surface area (Å²) in [6.45, 7) is 33.8. The molecule has 3 aromatic carbocycles. The van der Waals surface area contributed by atoms with Gasteiger partial charge in [0, 0.05) is 22.8 Å². The van der Waals surface area contributed by atoms with Gasteiger partial charge in [0.15, 0.2) is 0 Å². The van der Waals surface area contributed by atoms with Crippen LogP contribution in [0.4, 0.5) is 0 Å². The third kappa shape index (κ3) is 30.7. The topological polar surface area (TPSA) is 257 Å². The van der Waals surface area contributed by atoms with Crippen molar-refractivity contribution >= 4 is 56.4 Å². The van der Waals surface area contributed by atoms with Gasteiger partial charge in [-0.15, -0.1) is 6.58 Å². The molecule has 4 unspecified atom stereocenters. The first kappa shape index (κ1) is 94.2. The number of hydrogen-bond acceptors (Lipinski definition) is 17. The average Bonchev–Trinajstić information content (AvgIpc) is 1.65. The number of nitrogens with zero attached hydrogens (tertiary/aromatic N) is 2. The fourth-order valence-corrected chi connectivity index (χ4v) is 10.8. The Morgan fingerprint density at radius 2 is 0.989 bits per heavy atom. The number of methoxy groups -OCH3 is 6. The summed E-state index contributed by atoms with van der Waals surface area (Å²) in [6, 6.07) is 28.6. The Balaban J connectivity index is -0.000000362. The molecular weight excluding hydrogens is 1200 g/mol. The molecule has 0 bridgehead atoms. The van der Waals surface area contributed by atoms with Gasteiger partial charge in [0.05, 0.1) is 64.3 Å². The third-order valence-electron chi connectivity index (χ3n) is 19.0. The summed E-state index contributed by atoms with van der Waals surface area (Å²) in [5.74, 6) is -0.496. The molecule has 20 heteroatoms. The van der Waals surface area contributed by atoms with Gasteiger partial charge in [-0.05, 0) is 125 Å². The van der Waals surface area contributed by atoms with E-state index in [1.54, 1.807) is 17.9 Å². The molecule has 4 rings (SSSR count). The molecule has 0 aromatic heterocycles. The minimum absolute atomic E-state index is 0. The van der Waals surface area contributed by atoms with Gasteiger partial charge in [-0.3, -0.25) is 28.8 Å². The van der Waals surface area contributed by atoms with E-state index in [-0.39, 0.29) is 111 Å². The van der Waals surface area contributed by atoms with E-state index in [1.807, 2.05) is 126 Å². The molecule has 1 fully saturated rings. The zero-order valence-corrected chi connectivity index (χ0v) is 62.6. The number of ether oxygens (including phenoxy) is 6. The standard InChI is InChI=1S/C21H33NO4.C20H29NO3.C11H15NO2.C11H20O2.C10H18O3.CN.B.Na.H2/c1-6-16(2)21(3,20(24)26-5)14-15-22-18(19(23)25-4)13-12-17-10-8-7-9-11-17;1-5-15(2)20(3)13-14-21(19(20)23)17(18(22)24-4)12-11-16-9-7-6-8-10-16;1-14-11(13)10(12)8-7-9-5-3-2-4-6-9;1-6-8-11(4,9(3)7-2)10(12)13-5;1-5-8(2)10(3,6-7-11)9(12)13-4;1-2;;;/h7-11,16,18,22H,6,12-15H2,1-5H3;6-10,15,17H,5,11-14H2,1-4H3;2-6,10H,7-8,12H2,1H3;6,9H,1,7-8H2,2-5H3;7-8H,5-6H2,1-4H3;;;;1H/q;;;;;-1;;+1;/t16?,18-,21+;15-,17?,20-;10-;9?,11-;8?,10-;;;;/m01011..../s1/i;;;;;;;;1+1. The van der Waals surface area contributed by atoms with Crippen molar-refractivity contribution in [3.05, 3.63) is 127 Å². The predicted molar refractivity (Wildman–Crippen MR) is 369 cm³/mol. The molecule has 3 N–H and O–H groups in total. The molecule has 1 amide bonds. The molecule has 18 nitrogen and oxygen atoms in total. The third-order valence-corrected chi connectivity index (χ3v) is 19.0. The van der Waals surface area contributed by atoms with Crippen LogP contribution in [0.25, 0.3) is 0 Å². The first-order valence-corrected chi connectivity index (χ1v) is 32.3. The normalized spacial score (nSPS) is 16.8. The van der Waals surface area contributed by atoms with Crippen LogP contribution < -0.4 is 40.6 Å². The molecule has 1 aliphatic heterocycles. The van der Waals surface area contributed by atoms with Gasteiger partial charge in [0.2, 0.25) is 5.91 Å². The molecule has 521 valence electrons. The number of aldehydes is 1. The summed E-state index contributed by atoms with van der Waals surface area (Å²) in [4.78, 5) is 95.9. The van der Waals surface area contributed by atoms with Crippen LogP contribution in [0.3, 0.4) is 0 Å². The molecule has 3 radical (unpaired) electrons. The van der Waals surface area contributed by atoms with E-state index in [9.17, 15) is 38.4 Å². The zero-order valence-electron chi connectivity index (χ0n) is 60.6. The number of amides is 1. The van der Waals surface area contributed by atoms with E-state index < -0.39 is 28.3 Å². The maximum atomic E-state index is 13.0. The molecule has 11 atom stereocenters. The molecule has 94 heavy (non-hydrogen) atoms. The van der Waals surface area contributed by atoms with Crippen molar-refractivity contribution in [1.29, 1.82) is 5.26 Å². The van der Waals surface area contributed by atoms with Crippen molar-refractivity contribution in [3.63, 3.8) is 0 Å². The van der Waals surface area contributed by atoms with Crippen LogP contribution in [0.15, 0.2) is 104 Å². The van der Waals surface area contributed by atoms with Crippen molar-refractivity contribution in [1.82, 2.24) is 10.2 Å². The summed E-state index contributed by atoms with van der Waals surface area (Å²) in [5.41, 5.74) is 7.13. The quantitative estimate of drug-likeness (QED) is 0.0147. The van der Waals surface area contributed by atoms with Gasteiger partial charge >= 0.3 is 65.4 Å². The van der Waals surface area contributed by atoms with E-state index in [0.29, 0.717) is 57.0 Å². The van der Waals surface area contributed by atoms with Crippen molar-refractivity contribution in [2.75, 3.05) is 55.7 Å². The Labute approximate surface area is 591 Å². The van der Waals surface area contributed by atoms with Crippen LogP contribution in [0.2, 0.25) is 0 Å². The van der Waals surface area contributed by atoms with E-state index in [1.165, 1.54) is 59.3 Å². The second kappa shape index (κ2) is 51.2. The van der Waals surface area contributed by atoms with Crippen molar-refractivity contribution < 1.29 is 97.8 Å². The average molecular weight is 1320 g/mol. The fraction of sp³-hybridized carbons (Fsp3) is 0.608. The SMILES string of the molecule is C=CC[C@@](C)(C(=O)OC)C(C)CC.CCC(C)[C@@](C)(CC=O)C(=O)OC.CCC(C)[C@@](C)(CCN[C@@H](CCc1ccccc1)C(=O)OC)C(=O)OC.CC[C@@H](C)[C@@]1(C)CCN(C(CCc2ccccc2)C(=O)OC)C1=O.COC(=O)[C@@H](N)CCc1ccccc1.[2HH].[B].[C-]#N.[Na+]. The Hall–Kier alpha value is -6.17. The number of carbonyl (C=O) groups is 8. The number of allylic oxidation sites excluding steroid dienone is 1. The van der Waals surface area contributed by atoms with Crippen molar-refractivity contribution in [2.24, 2.45) is 51.1 Å². The van der Waals surface area contributed by atoms with Gasteiger partial charge in [-0.1, -0.05) is 185 Å². The number of aryl methyl sites for hydroxylation is 3. The number of benzene rings is 3. The Morgan fingerprint density at radius 3 is 1.35 bits per heavy atom. The van der Waals surface area contributed by atoms with Crippen molar-refractivity contribution in [2.45, 2.75) is 191 Å². The van der Waals surface area contributed by atoms with E-state index in [0.717, 1.165) is 57.7 Å². The van der Waals surface area contributed by atoms with Gasteiger partial charge in [-0.2, -0.15) is 0 Å². The number of rotatable bonds is 32.